The van der Waals surface area contributed by atoms with Crippen LogP contribution < -0.4 is 4.74 Å². The molecule has 0 unspecified atom stereocenters. The van der Waals surface area contributed by atoms with Crippen molar-refractivity contribution in [2.24, 2.45) is 0 Å². The first-order valence-corrected chi connectivity index (χ1v) is 8.52. The molecule has 0 saturated heterocycles. The zero-order valence-electron chi connectivity index (χ0n) is 14.5. The van der Waals surface area contributed by atoms with Gasteiger partial charge in [-0.1, -0.05) is 18.2 Å². The number of ether oxygens (including phenoxy) is 2. The van der Waals surface area contributed by atoms with E-state index in [0.717, 1.165) is 11.1 Å². The molecule has 0 aliphatic carbocycles. The van der Waals surface area contributed by atoms with Crippen LogP contribution in [-0.4, -0.2) is 36.5 Å². The topological polar surface area (TPSA) is 55.8 Å². The summed E-state index contributed by atoms with van der Waals surface area (Å²) in [7, 11) is 0. The molecule has 0 fully saturated rings. The SMILES string of the molecule is CCOC(=O)COc1cccc2c1CCN(Cc1ccc(F)cc1)C2=O. The van der Waals surface area contributed by atoms with Gasteiger partial charge >= 0.3 is 5.97 Å². The average Bonchev–Trinajstić information content (AvgIpc) is 2.64. The Hall–Kier alpha value is -2.89. The van der Waals surface area contributed by atoms with Crippen LogP contribution in [0, 0.1) is 5.82 Å². The highest BCUT2D eigenvalue weighted by Crippen LogP contribution is 2.28. The lowest BCUT2D eigenvalue weighted by Crippen LogP contribution is -2.37. The van der Waals surface area contributed by atoms with Crippen LogP contribution in [0.25, 0.3) is 0 Å². The van der Waals surface area contributed by atoms with E-state index < -0.39 is 5.97 Å². The van der Waals surface area contributed by atoms with Crippen LogP contribution in [0.1, 0.15) is 28.4 Å². The normalized spacial score (nSPS) is 13.3. The lowest BCUT2D eigenvalue weighted by Gasteiger charge is -2.29. The molecule has 0 radical (unpaired) electrons. The van der Waals surface area contributed by atoms with E-state index in [2.05, 4.69) is 0 Å². The summed E-state index contributed by atoms with van der Waals surface area (Å²) in [5, 5.41) is 0. The fraction of sp³-hybridized carbons (Fsp3) is 0.300. The number of hydrogen-bond donors (Lipinski definition) is 0. The molecule has 2 aromatic rings. The fourth-order valence-corrected chi connectivity index (χ4v) is 2.98. The number of rotatable bonds is 6. The maximum atomic E-state index is 13.0. The van der Waals surface area contributed by atoms with Crippen molar-refractivity contribution in [1.82, 2.24) is 4.90 Å². The van der Waals surface area contributed by atoms with E-state index in [1.54, 1.807) is 42.2 Å². The van der Waals surface area contributed by atoms with Crippen LogP contribution in [0.4, 0.5) is 4.39 Å². The van der Waals surface area contributed by atoms with Gasteiger partial charge in [-0.2, -0.15) is 0 Å². The third-order valence-electron chi connectivity index (χ3n) is 4.22. The molecule has 1 aliphatic rings. The molecule has 0 saturated carbocycles. The van der Waals surface area contributed by atoms with Crippen molar-refractivity contribution in [3.05, 3.63) is 65.0 Å². The second kappa shape index (κ2) is 7.99. The Labute approximate surface area is 151 Å². The van der Waals surface area contributed by atoms with Gasteiger partial charge in [0.05, 0.1) is 6.61 Å². The number of nitrogens with zero attached hydrogens (tertiary/aromatic N) is 1. The molecule has 1 amide bonds. The third-order valence-corrected chi connectivity index (χ3v) is 4.22. The monoisotopic (exact) mass is 357 g/mol. The first kappa shape index (κ1) is 17.9. The Kier molecular flexibility index (Phi) is 5.51. The summed E-state index contributed by atoms with van der Waals surface area (Å²) < 4.78 is 23.4. The number of amides is 1. The summed E-state index contributed by atoms with van der Waals surface area (Å²) in [6.45, 7) is 2.80. The van der Waals surface area contributed by atoms with Gasteiger partial charge in [-0.05, 0) is 43.2 Å². The van der Waals surface area contributed by atoms with E-state index in [-0.39, 0.29) is 18.3 Å². The summed E-state index contributed by atoms with van der Waals surface area (Å²) in [6, 6.07) is 11.4. The fourth-order valence-electron chi connectivity index (χ4n) is 2.98. The van der Waals surface area contributed by atoms with Gasteiger partial charge in [-0.15, -0.1) is 0 Å². The standard InChI is InChI=1S/C20H20FNO4/c1-2-25-19(23)13-26-18-5-3-4-17-16(18)10-11-22(20(17)24)12-14-6-8-15(21)9-7-14/h3-9H,2,10-13H2,1H3. The number of esters is 1. The van der Waals surface area contributed by atoms with E-state index >= 15 is 0 Å². The van der Waals surface area contributed by atoms with Gasteiger partial charge in [0.25, 0.3) is 5.91 Å². The molecule has 0 aromatic heterocycles. The molecule has 0 spiro atoms. The Bertz CT molecular complexity index is 804. The highest BCUT2D eigenvalue weighted by Gasteiger charge is 2.26. The van der Waals surface area contributed by atoms with Gasteiger partial charge in [-0.3, -0.25) is 4.79 Å². The molecule has 26 heavy (non-hydrogen) atoms. The lowest BCUT2D eigenvalue weighted by molar-refractivity contribution is -0.145. The summed E-state index contributed by atoms with van der Waals surface area (Å²) in [5.74, 6) is -0.305. The van der Waals surface area contributed by atoms with Crippen LogP contribution in [-0.2, 0) is 22.5 Å². The molecule has 136 valence electrons. The second-order valence-corrected chi connectivity index (χ2v) is 5.98. The second-order valence-electron chi connectivity index (χ2n) is 5.98. The van der Waals surface area contributed by atoms with Crippen LogP contribution in [0.15, 0.2) is 42.5 Å². The van der Waals surface area contributed by atoms with Crippen molar-refractivity contribution < 1.29 is 23.5 Å². The van der Waals surface area contributed by atoms with E-state index in [0.29, 0.717) is 37.4 Å². The molecule has 1 heterocycles. The van der Waals surface area contributed by atoms with Crippen molar-refractivity contribution in [3.63, 3.8) is 0 Å². The Balaban J connectivity index is 1.72. The van der Waals surface area contributed by atoms with Gasteiger partial charge in [0.1, 0.15) is 11.6 Å². The molecular formula is C20H20FNO4. The quantitative estimate of drug-likeness (QED) is 0.746. The van der Waals surface area contributed by atoms with E-state index in [1.807, 2.05) is 0 Å². The number of carbonyl (C=O) groups excluding carboxylic acids is 2. The number of halogens is 1. The minimum absolute atomic E-state index is 0.0999. The van der Waals surface area contributed by atoms with Gasteiger partial charge in [-0.25, -0.2) is 9.18 Å². The van der Waals surface area contributed by atoms with E-state index in [1.165, 1.54) is 12.1 Å². The molecule has 6 heteroatoms. The average molecular weight is 357 g/mol. The molecule has 1 aliphatic heterocycles. The van der Waals surface area contributed by atoms with Gasteiger partial charge in [0.2, 0.25) is 0 Å². The third kappa shape index (κ3) is 4.02. The summed E-state index contributed by atoms with van der Waals surface area (Å²) in [4.78, 5) is 26.0. The van der Waals surface area contributed by atoms with Gasteiger partial charge in [0.15, 0.2) is 6.61 Å². The predicted octanol–water partition coefficient (Wildman–Crippen LogP) is 2.97. The van der Waals surface area contributed by atoms with Gasteiger partial charge < -0.3 is 14.4 Å². The largest absolute Gasteiger partial charge is 0.482 e. The van der Waals surface area contributed by atoms with Crippen LogP contribution in [0.5, 0.6) is 5.75 Å². The molecular weight excluding hydrogens is 337 g/mol. The van der Waals surface area contributed by atoms with E-state index in [9.17, 15) is 14.0 Å². The maximum Gasteiger partial charge on any atom is 0.344 e. The molecule has 0 N–H and O–H groups in total. The highest BCUT2D eigenvalue weighted by atomic mass is 19.1. The number of fused-ring (bicyclic) bond motifs is 1. The molecule has 0 bridgehead atoms. The summed E-state index contributed by atoms with van der Waals surface area (Å²) >= 11 is 0. The van der Waals surface area contributed by atoms with Crippen LogP contribution >= 0.6 is 0 Å². The zero-order chi connectivity index (χ0) is 18.5. The minimum atomic E-state index is -0.440. The summed E-state index contributed by atoms with van der Waals surface area (Å²) in [6.07, 6.45) is 0.626. The highest BCUT2D eigenvalue weighted by molar-refractivity contribution is 5.97. The predicted molar refractivity (Wildman–Crippen MR) is 93.4 cm³/mol. The van der Waals surface area contributed by atoms with Crippen LogP contribution in [0.2, 0.25) is 0 Å². The lowest BCUT2D eigenvalue weighted by atomic mass is 9.97. The van der Waals surface area contributed by atoms with Crippen molar-refractivity contribution in [2.45, 2.75) is 19.9 Å². The van der Waals surface area contributed by atoms with Crippen molar-refractivity contribution in [3.8, 4) is 5.75 Å². The minimum Gasteiger partial charge on any atom is -0.482 e. The van der Waals surface area contributed by atoms with Crippen LogP contribution in [0.3, 0.4) is 0 Å². The molecule has 5 nitrogen and oxygen atoms in total. The Morgan fingerprint density at radius 1 is 1.19 bits per heavy atom. The number of hydrogen-bond acceptors (Lipinski definition) is 4. The Morgan fingerprint density at radius 2 is 1.96 bits per heavy atom. The number of benzene rings is 2. The maximum absolute atomic E-state index is 13.0. The van der Waals surface area contributed by atoms with Crippen molar-refractivity contribution in [1.29, 1.82) is 0 Å². The van der Waals surface area contributed by atoms with Crippen molar-refractivity contribution >= 4 is 11.9 Å². The molecule has 3 rings (SSSR count). The zero-order valence-corrected chi connectivity index (χ0v) is 14.5. The van der Waals surface area contributed by atoms with Gasteiger partial charge in [0, 0.05) is 24.2 Å². The summed E-state index contributed by atoms with van der Waals surface area (Å²) in [5.41, 5.74) is 2.25. The first-order valence-electron chi connectivity index (χ1n) is 8.52. The van der Waals surface area contributed by atoms with Crippen molar-refractivity contribution in [2.75, 3.05) is 19.8 Å². The van der Waals surface area contributed by atoms with E-state index in [4.69, 9.17) is 9.47 Å². The Morgan fingerprint density at radius 3 is 2.69 bits per heavy atom. The molecule has 2 aromatic carbocycles. The smallest absolute Gasteiger partial charge is 0.344 e. The number of carbonyl (C=O) groups is 2. The molecule has 0 atom stereocenters. The first-order chi connectivity index (χ1) is 12.6.